The van der Waals surface area contributed by atoms with Crippen LogP contribution in [0.25, 0.3) is 0 Å². The van der Waals surface area contributed by atoms with Crippen molar-refractivity contribution in [3.63, 3.8) is 0 Å². The number of hydrogen-bond acceptors (Lipinski definition) is 4. The van der Waals surface area contributed by atoms with Crippen LogP contribution in [0.2, 0.25) is 0 Å². The molecule has 0 spiro atoms. The molecular weight excluding hydrogens is 316 g/mol. The van der Waals surface area contributed by atoms with Crippen molar-refractivity contribution in [1.29, 1.82) is 0 Å². The molecule has 2 aromatic rings. The highest BCUT2D eigenvalue weighted by atomic mass is 16.6. The molecule has 0 radical (unpaired) electrons. The van der Waals surface area contributed by atoms with Crippen molar-refractivity contribution in [2.45, 2.75) is 44.2 Å². The van der Waals surface area contributed by atoms with E-state index in [1.807, 2.05) is 24.4 Å². The second kappa shape index (κ2) is 6.92. The van der Waals surface area contributed by atoms with Gasteiger partial charge in [0, 0.05) is 29.9 Å². The summed E-state index contributed by atoms with van der Waals surface area (Å²) in [5.41, 5.74) is 2.34. The van der Waals surface area contributed by atoms with Crippen LogP contribution in [0.1, 0.15) is 49.3 Å². The normalized spacial score (nSPS) is 23.4. The van der Waals surface area contributed by atoms with Crippen LogP contribution >= 0.6 is 0 Å². The highest BCUT2D eigenvalue weighted by Crippen LogP contribution is 2.39. The summed E-state index contributed by atoms with van der Waals surface area (Å²) >= 11 is 0. The van der Waals surface area contributed by atoms with Crippen molar-refractivity contribution >= 4 is 0 Å². The molecule has 1 aliphatic carbocycles. The average Bonchev–Trinajstić information content (AvgIpc) is 3.10. The first kappa shape index (κ1) is 16.2. The predicted octanol–water partition coefficient (Wildman–Crippen LogP) is 3.13. The van der Waals surface area contributed by atoms with Gasteiger partial charge in [-0.05, 0) is 43.7 Å². The monoisotopic (exact) mass is 340 g/mol. The number of benzene rings is 1. The summed E-state index contributed by atoms with van der Waals surface area (Å²) in [5, 5.41) is 3.75. The Morgan fingerprint density at radius 3 is 2.88 bits per heavy atom. The van der Waals surface area contributed by atoms with Gasteiger partial charge < -0.3 is 19.8 Å². The number of rotatable bonds is 4. The van der Waals surface area contributed by atoms with E-state index in [-0.39, 0.29) is 11.6 Å². The van der Waals surface area contributed by atoms with Gasteiger partial charge in [0.15, 0.2) is 11.5 Å². The molecule has 3 atom stereocenters. The van der Waals surface area contributed by atoms with Gasteiger partial charge in [-0.2, -0.15) is 0 Å². The van der Waals surface area contributed by atoms with Crippen LogP contribution in [0.4, 0.5) is 0 Å². The minimum atomic E-state index is -0.0406. The fourth-order valence-electron chi connectivity index (χ4n) is 3.99. The molecule has 25 heavy (non-hydrogen) atoms. The molecule has 2 aliphatic rings. The topological polar surface area (TPSA) is 63.4 Å². The Morgan fingerprint density at radius 2 is 2.04 bits per heavy atom. The number of nitrogens with one attached hydrogen (secondary N) is 2. The summed E-state index contributed by atoms with van der Waals surface area (Å²) in [6.07, 6.45) is 5.23. The van der Waals surface area contributed by atoms with E-state index in [0.717, 1.165) is 36.3 Å². The quantitative estimate of drug-likeness (QED) is 0.897. The molecule has 1 aromatic carbocycles. The Kier molecular flexibility index (Phi) is 4.49. The Balaban J connectivity index is 1.43. The number of hydrogen-bond donors (Lipinski definition) is 2. The van der Waals surface area contributed by atoms with Crippen molar-refractivity contribution in [1.82, 2.24) is 10.3 Å². The Labute approximate surface area is 147 Å². The number of aromatic nitrogens is 1. The molecule has 1 saturated carbocycles. The lowest BCUT2D eigenvalue weighted by atomic mass is 9.99. The number of H-pyrrole nitrogens is 1. The van der Waals surface area contributed by atoms with Gasteiger partial charge in [-0.3, -0.25) is 4.79 Å². The van der Waals surface area contributed by atoms with E-state index in [2.05, 4.69) is 23.3 Å². The van der Waals surface area contributed by atoms with Crippen LogP contribution in [0.15, 0.2) is 41.3 Å². The molecule has 1 aliphatic heterocycles. The predicted molar refractivity (Wildman–Crippen MR) is 96.4 cm³/mol. The number of ether oxygens (including phenoxy) is 2. The number of aromatic amines is 1. The van der Waals surface area contributed by atoms with Crippen molar-refractivity contribution in [2.24, 2.45) is 0 Å². The lowest BCUT2D eigenvalue weighted by molar-refractivity contribution is 0.168. The standard InChI is InChI=1S/C20H24N2O3/c1-13(17-3-2-4-18-20(17)25-10-9-24-18)22-16-7-5-14(11-16)15-6-8-19(23)21-12-15/h2-4,6,8,12-14,16,22H,5,7,9-11H2,1H3,(H,21,23)/t13-,14?,16+/m1/s1. The van der Waals surface area contributed by atoms with Gasteiger partial charge in [-0.1, -0.05) is 18.2 Å². The molecule has 1 fully saturated rings. The van der Waals surface area contributed by atoms with Crippen molar-refractivity contribution < 1.29 is 9.47 Å². The second-order valence-electron chi connectivity index (χ2n) is 6.95. The highest BCUT2D eigenvalue weighted by Gasteiger charge is 2.28. The third kappa shape index (κ3) is 3.42. The van der Waals surface area contributed by atoms with Gasteiger partial charge in [0.25, 0.3) is 0 Å². The van der Waals surface area contributed by atoms with E-state index < -0.39 is 0 Å². The van der Waals surface area contributed by atoms with E-state index in [4.69, 9.17) is 9.47 Å². The minimum absolute atomic E-state index is 0.0406. The summed E-state index contributed by atoms with van der Waals surface area (Å²) in [4.78, 5) is 14.0. The molecule has 1 unspecified atom stereocenters. The van der Waals surface area contributed by atoms with Crippen LogP contribution in [-0.2, 0) is 0 Å². The van der Waals surface area contributed by atoms with Gasteiger partial charge in [-0.25, -0.2) is 0 Å². The molecule has 1 aromatic heterocycles. The van der Waals surface area contributed by atoms with Gasteiger partial charge in [0.2, 0.25) is 5.56 Å². The molecular formula is C20H24N2O3. The Morgan fingerprint density at radius 1 is 1.16 bits per heavy atom. The molecule has 2 heterocycles. The molecule has 5 heteroatoms. The summed E-state index contributed by atoms with van der Waals surface area (Å²) < 4.78 is 11.5. The van der Waals surface area contributed by atoms with Crippen LogP contribution < -0.4 is 20.3 Å². The minimum Gasteiger partial charge on any atom is -0.486 e. The smallest absolute Gasteiger partial charge is 0.247 e. The van der Waals surface area contributed by atoms with Crippen LogP contribution in [0, 0.1) is 0 Å². The third-order valence-corrected chi connectivity index (χ3v) is 5.26. The van der Waals surface area contributed by atoms with Crippen molar-refractivity contribution in [3.8, 4) is 11.5 Å². The zero-order valence-electron chi connectivity index (χ0n) is 14.5. The zero-order chi connectivity index (χ0) is 17.2. The van der Waals surface area contributed by atoms with E-state index >= 15 is 0 Å². The van der Waals surface area contributed by atoms with E-state index in [9.17, 15) is 4.79 Å². The lowest BCUT2D eigenvalue weighted by Gasteiger charge is -2.26. The highest BCUT2D eigenvalue weighted by molar-refractivity contribution is 5.48. The van der Waals surface area contributed by atoms with Crippen molar-refractivity contribution in [2.75, 3.05) is 13.2 Å². The fourth-order valence-corrected chi connectivity index (χ4v) is 3.99. The van der Waals surface area contributed by atoms with Crippen LogP contribution in [0.5, 0.6) is 11.5 Å². The lowest BCUT2D eigenvalue weighted by Crippen LogP contribution is -2.30. The maximum Gasteiger partial charge on any atom is 0.247 e. The maximum atomic E-state index is 11.2. The summed E-state index contributed by atoms with van der Waals surface area (Å²) in [6.45, 7) is 3.40. The summed E-state index contributed by atoms with van der Waals surface area (Å²) in [7, 11) is 0. The molecule has 0 bridgehead atoms. The first-order valence-corrected chi connectivity index (χ1v) is 9.04. The van der Waals surface area contributed by atoms with E-state index in [0.29, 0.717) is 25.2 Å². The SMILES string of the molecule is C[C@@H](N[C@H]1CCC(c2ccc(=O)[nH]c2)C1)c1cccc2c1OCCO2. The molecule has 0 amide bonds. The second-order valence-corrected chi connectivity index (χ2v) is 6.95. The number of pyridine rings is 1. The fraction of sp³-hybridized carbons (Fsp3) is 0.450. The molecule has 0 saturated heterocycles. The third-order valence-electron chi connectivity index (χ3n) is 5.26. The van der Waals surface area contributed by atoms with Gasteiger partial charge in [0.05, 0.1) is 0 Å². The molecule has 5 nitrogen and oxygen atoms in total. The Bertz CT molecular complexity index is 781. The Hall–Kier alpha value is -2.27. The largest absolute Gasteiger partial charge is 0.486 e. The first-order valence-electron chi connectivity index (χ1n) is 9.04. The van der Waals surface area contributed by atoms with Gasteiger partial charge in [0.1, 0.15) is 13.2 Å². The number of para-hydroxylation sites is 1. The van der Waals surface area contributed by atoms with Crippen molar-refractivity contribution in [3.05, 3.63) is 58.0 Å². The van der Waals surface area contributed by atoms with Crippen LogP contribution in [0.3, 0.4) is 0 Å². The molecule has 132 valence electrons. The van der Waals surface area contributed by atoms with Crippen LogP contribution in [-0.4, -0.2) is 24.2 Å². The van der Waals surface area contributed by atoms with E-state index in [1.165, 1.54) is 5.56 Å². The number of fused-ring (bicyclic) bond motifs is 1. The van der Waals surface area contributed by atoms with Gasteiger partial charge in [-0.15, -0.1) is 0 Å². The summed E-state index contributed by atoms with van der Waals surface area (Å²) in [6, 6.07) is 10.3. The molecule has 2 N–H and O–H groups in total. The first-order chi connectivity index (χ1) is 12.2. The average molecular weight is 340 g/mol. The van der Waals surface area contributed by atoms with Gasteiger partial charge >= 0.3 is 0 Å². The molecule has 4 rings (SSSR count). The van der Waals surface area contributed by atoms with E-state index in [1.54, 1.807) is 6.07 Å². The maximum absolute atomic E-state index is 11.2. The zero-order valence-corrected chi connectivity index (χ0v) is 14.5. The summed E-state index contributed by atoms with van der Waals surface area (Å²) in [5.74, 6) is 2.23.